The van der Waals surface area contributed by atoms with Gasteiger partial charge in [0.2, 0.25) is 5.91 Å². The Morgan fingerprint density at radius 3 is 2.68 bits per heavy atom. The number of furan rings is 1. The Hall–Kier alpha value is -2.34. The molecule has 2 rings (SSSR count). The molecule has 22 heavy (non-hydrogen) atoms. The molecule has 1 amide bonds. The molecule has 0 aliphatic carbocycles. The monoisotopic (exact) mass is 363 g/mol. The van der Waals surface area contributed by atoms with E-state index in [1.165, 1.54) is 13.2 Å². The number of anilines is 1. The van der Waals surface area contributed by atoms with E-state index in [0.717, 1.165) is 5.76 Å². The van der Waals surface area contributed by atoms with E-state index in [1.54, 1.807) is 30.3 Å². The molecule has 0 aliphatic heterocycles. The SMILES string of the molecule is COC(=O)c1cc(Br)ccc1NC(=O)C=Cc1ccc(C)o1. The molecule has 1 N–H and O–H groups in total. The molecule has 1 aromatic carbocycles. The number of esters is 1. The molecule has 5 nitrogen and oxygen atoms in total. The van der Waals surface area contributed by atoms with Crippen molar-refractivity contribution >= 4 is 39.6 Å². The van der Waals surface area contributed by atoms with Gasteiger partial charge >= 0.3 is 5.97 Å². The summed E-state index contributed by atoms with van der Waals surface area (Å²) in [6.45, 7) is 1.82. The molecule has 0 unspecified atom stereocenters. The summed E-state index contributed by atoms with van der Waals surface area (Å²) < 4.78 is 10.7. The first-order valence-electron chi connectivity index (χ1n) is 6.43. The topological polar surface area (TPSA) is 68.5 Å². The minimum atomic E-state index is -0.526. The van der Waals surface area contributed by atoms with Crippen LogP contribution in [0.5, 0.6) is 0 Å². The van der Waals surface area contributed by atoms with Crippen molar-refractivity contribution in [2.45, 2.75) is 6.92 Å². The molecule has 0 aliphatic rings. The number of hydrogen-bond acceptors (Lipinski definition) is 4. The maximum Gasteiger partial charge on any atom is 0.340 e. The average molecular weight is 364 g/mol. The molecular formula is C16H14BrNO4. The first-order valence-corrected chi connectivity index (χ1v) is 7.22. The van der Waals surface area contributed by atoms with Gasteiger partial charge in [0, 0.05) is 10.5 Å². The Labute approximate surface area is 136 Å². The fourth-order valence-electron chi connectivity index (χ4n) is 1.78. The zero-order chi connectivity index (χ0) is 16.1. The Balaban J connectivity index is 2.14. The number of amides is 1. The predicted octanol–water partition coefficient (Wildman–Crippen LogP) is 3.79. The maximum atomic E-state index is 11.9. The summed E-state index contributed by atoms with van der Waals surface area (Å²) in [5.41, 5.74) is 0.646. The third-order valence-corrected chi connectivity index (χ3v) is 3.30. The van der Waals surface area contributed by atoms with Gasteiger partial charge in [-0.15, -0.1) is 0 Å². The van der Waals surface area contributed by atoms with Crippen LogP contribution in [0, 0.1) is 6.92 Å². The fraction of sp³-hybridized carbons (Fsp3) is 0.125. The molecule has 0 atom stereocenters. The minimum Gasteiger partial charge on any atom is -0.465 e. The van der Waals surface area contributed by atoms with Crippen molar-refractivity contribution < 1.29 is 18.7 Å². The van der Waals surface area contributed by atoms with E-state index in [-0.39, 0.29) is 11.5 Å². The second-order valence-electron chi connectivity index (χ2n) is 4.45. The first-order chi connectivity index (χ1) is 10.5. The number of benzene rings is 1. The molecule has 0 saturated carbocycles. The highest BCUT2D eigenvalue weighted by atomic mass is 79.9. The van der Waals surface area contributed by atoms with Crippen LogP contribution in [0.3, 0.4) is 0 Å². The fourth-order valence-corrected chi connectivity index (χ4v) is 2.14. The number of nitrogens with one attached hydrogen (secondary N) is 1. The van der Waals surface area contributed by atoms with Crippen molar-refractivity contribution in [2.24, 2.45) is 0 Å². The van der Waals surface area contributed by atoms with E-state index in [9.17, 15) is 9.59 Å². The summed E-state index contributed by atoms with van der Waals surface area (Å²) >= 11 is 3.28. The van der Waals surface area contributed by atoms with Gasteiger partial charge in [0.1, 0.15) is 11.5 Å². The minimum absolute atomic E-state index is 0.271. The highest BCUT2D eigenvalue weighted by molar-refractivity contribution is 9.10. The molecular weight excluding hydrogens is 350 g/mol. The lowest BCUT2D eigenvalue weighted by Gasteiger charge is -2.08. The van der Waals surface area contributed by atoms with E-state index >= 15 is 0 Å². The second kappa shape index (κ2) is 7.09. The molecule has 114 valence electrons. The van der Waals surface area contributed by atoms with E-state index < -0.39 is 5.97 Å². The van der Waals surface area contributed by atoms with Gasteiger partial charge in [0.15, 0.2) is 0 Å². The predicted molar refractivity (Wildman–Crippen MR) is 86.6 cm³/mol. The van der Waals surface area contributed by atoms with Crippen molar-refractivity contribution in [3.8, 4) is 0 Å². The molecule has 2 aromatic rings. The third-order valence-electron chi connectivity index (χ3n) is 2.80. The molecule has 1 aromatic heterocycles. The van der Waals surface area contributed by atoms with Gasteiger partial charge in [-0.2, -0.15) is 0 Å². The third kappa shape index (κ3) is 4.08. The van der Waals surface area contributed by atoms with Crippen LogP contribution in [0.25, 0.3) is 6.08 Å². The molecule has 0 radical (unpaired) electrons. The largest absolute Gasteiger partial charge is 0.465 e. The number of carbonyl (C=O) groups excluding carboxylic acids is 2. The number of hydrogen-bond donors (Lipinski definition) is 1. The van der Waals surface area contributed by atoms with Crippen molar-refractivity contribution in [3.05, 3.63) is 58.0 Å². The lowest BCUT2D eigenvalue weighted by atomic mass is 10.2. The molecule has 1 heterocycles. The van der Waals surface area contributed by atoms with Gasteiger partial charge in [0.25, 0.3) is 0 Å². The normalized spacial score (nSPS) is 10.7. The average Bonchev–Trinajstić information content (AvgIpc) is 2.92. The van der Waals surface area contributed by atoms with Gasteiger partial charge < -0.3 is 14.5 Å². The maximum absolute atomic E-state index is 11.9. The van der Waals surface area contributed by atoms with Gasteiger partial charge in [-0.25, -0.2) is 4.79 Å². The zero-order valence-corrected chi connectivity index (χ0v) is 13.6. The van der Waals surface area contributed by atoms with Crippen LogP contribution in [0.4, 0.5) is 5.69 Å². The number of ether oxygens (including phenoxy) is 1. The van der Waals surface area contributed by atoms with Crippen LogP contribution in [-0.4, -0.2) is 19.0 Å². The Kier molecular flexibility index (Phi) is 5.16. The highest BCUT2D eigenvalue weighted by Crippen LogP contribution is 2.22. The summed E-state index contributed by atoms with van der Waals surface area (Å²) in [5, 5.41) is 2.64. The van der Waals surface area contributed by atoms with Crippen molar-refractivity contribution in [1.82, 2.24) is 0 Å². The Morgan fingerprint density at radius 2 is 2.05 bits per heavy atom. The van der Waals surface area contributed by atoms with Crippen LogP contribution >= 0.6 is 15.9 Å². The Morgan fingerprint density at radius 1 is 1.27 bits per heavy atom. The number of halogens is 1. The number of methoxy groups -OCH3 is 1. The summed E-state index contributed by atoms with van der Waals surface area (Å²) in [5.74, 6) is 0.446. The summed E-state index contributed by atoms with van der Waals surface area (Å²) in [6.07, 6.45) is 2.89. The van der Waals surface area contributed by atoms with E-state index in [0.29, 0.717) is 15.9 Å². The first kappa shape index (κ1) is 16.0. The standard InChI is InChI=1S/C16H14BrNO4/c1-10-3-5-12(22-10)6-8-15(19)18-14-7-4-11(17)9-13(14)16(20)21-2/h3-9H,1-2H3,(H,18,19). The van der Waals surface area contributed by atoms with Crippen molar-refractivity contribution in [1.29, 1.82) is 0 Å². The number of aryl methyl sites for hydroxylation is 1. The highest BCUT2D eigenvalue weighted by Gasteiger charge is 2.13. The molecule has 0 saturated heterocycles. The van der Waals surface area contributed by atoms with Gasteiger partial charge in [-0.1, -0.05) is 15.9 Å². The summed E-state index contributed by atoms with van der Waals surface area (Å²) in [4.78, 5) is 23.7. The van der Waals surface area contributed by atoms with Crippen LogP contribution in [-0.2, 0) is 9.53 Å². The molecule has 6 heteroatoms. The quantitative estimate of drug-likeness (QED) is 0.662. The van der Waals surface area contributed by atoms with Gasteiger partial charge in [-0.05, 0) is 43.3 Å². The van der Waals surface area contributed by atoms with Crippen LogP contribution in [0.15, 0.2) is 45.3 Å². The van der Waals surface area contributed by atoms with Gasteiger partial charge in [0.05, 0.1) is 18.4 Å². The number of rotatable bonds is 4. The lowest BCUT2D eigenvalue weighted by Crippen LogP contribution is -2.13. The van der Waals surface area contributed by atoms with E-state index in [2.05, 4.69) is 21.2 Å². The smallest absolute Gasteiger partial charge is 0.340 e. The zero-order valence-electron chi connectivity index (χ0n) is 12.1. The summed E-state index contributed by atoms with van der Waals surface area (Å²) in [6, 6.07) is 8.50. The van der Waals surface area contributed by atoms with Crippen molar-refractivity contribution in [3.63, 3.8) is 0 Å². The van der Waals surface area contributed by atoms with Crippen LogP contribution in [0.2, 0.25) is 0 Å². The van der Waals surface area contributed by atoms with E-state index in [1.807, 2.05) is 13.0 Å². The van der Waals surface area contributed by atoms with Crippen LogP contribution < -0.4 is 5.32 Å². The van der Waals surface area contributed by atoms with Crippen LogP contribution in [0.1, 0.15) is 21.9 Å². The molecule has 0 fully saturated rings. The molecule has 0 bridgehead atoms. The van der Waals surface area contributed by atoms with Crippen molar-refractivity contribution in [2.75, 3.05) is 12.4 Å². The number of carbonyl (C=O) groups is 2. The lowest BCUT2D eigenvalue weighted by molar-refractivity contribution is -0.111. The van der Waals surface area contributed by atoms with E-state index in [4.69, 9.17) is 9.15 Å². The van der Waals surface area contributed by atoms with Gasteiger partial charge in [-0.3, -0.25) is 4.79 Å². The molecule has 0 spiro atoms. The second-order valence-corrected chi connectivity index (χ2v) is 5.37. The Bertz CT molecular complexity index is 733. The summed E-state index contributed by atoms with van der Waals surface area (Å²) in [7, 11) is 1.29.